The molecular formula is C31H25F2N5O3. The van der Waals surface area contributed by atoms with Gasteiger partial charge in [0.15, 0.2) is 17.3 Å². The Balaban J connectivity index is 1.21. The highest BCUT2D eigenvalue weighted by Crippen LogP contribution is 2.47. The number of halogens is 2. The van der Waals surface area contributed by atoms with Crippen molar-refractivity contribution in [2.75, 3.05) is 16.4 Å². The first kappa shape index (κ1) is 26.0. The van der Waals surface area contributed by atoms with Crippen LogP contribution in [0, 0.1) is 24.0 Å². The predicted octanol–water partition coefficient (Wildman–Crippen LogP) is 6.32. The van der Waals surface area contributed by atoms with E-state index < -0.39 is 28.9 Å². The van der Waals surface area contributed by atoms with Gasteiger partial charge in [-0.05, 0) is 79.4 Å². The largest absolute Gasteiger partial charge is 0.452 e. The standard InChI is InChI=1S/C31H25F2N5O3/c1-18-22(3-2-4-25(18)34)23-12-16-38-28(23)27(11-15-35-38)41-26-10-9-21(17-24(26)33)37-30(40)31(13-14-31)29(39)36-20-7-5-19(32)6-8-20/h2-12,15-17H,13-14,34H2,1H3,(H,36,39)(H,37,40). The van der Waals surface area contributed by atoms with Gasteiger partial charge in [-0.1, -0.05) is 12.1 Å². The molecule has 0 bridgehead atoms. The van der Waals surface area contributed by atoms with Crippen LogP contribution in [0.1, 0.15) is 18.4 Å². The number of nitrogen functional groups attached to an aromatic ring is 1. The molecule has 2 heterocycles. The van der Waals surface area contributed by atoms with E-state index in [4.69, 9.17) is 10.5 Å². The third-order valence-corrected chi connectivity index (χ3v) is 7.31. The van der Waals surface area contributed by atoms with Crippen LogP contribution in [-0.2, 0) is 9.59 Å². The Morgan fingerprint density at radius 3 is 2.32 bits per heavy atom. The van der Waals surface area contributed by atoms with Gasteiger partial charge in [0, 0.05) is 41.0 Å². The normalized spacial score (nSPS) is 13.5. The van der Waals surface area contributed by atoms with Gasteiger partial charge in [-0.2, -0.15) is 5.10 Å². The second-order valence-electron chi connectivity index (χ2n) is 9.98. The summed E-state index contributed by atoms with van der Waals surface area (Å²) in [5.41, 5.74) is 9.34. The Hall–Kier alpha value is -5.25. The number of carbonyl (C=O) groups excluding carboxylic acids is 2. The number of aromatic nitrogens is 2. The van der Waals surface area contributed by atoms with E-state index in [2.05, 4.69) is 15.7 Å². The maximum atomic E-state index is 15.2. The summed E-state index contributed by atoms with van der Waals surface area (Å²) >= 11 is 0. The smallest absolute Gasteiger partial charge is 0.240 e. The molecule has 3 aromatic carbocycles. The van der Waals surface area contributed by atoms with E-state index in [0.29, 0.717) is 35.5 Å². The van der Waals surface area contributed by atoms with E-state index in [0.717, 1.165) is 22.8 Å². The fourth-order valence-corrected chi connectivity index (χ4v) is 4.76. The minimum atomic E-state index is -1.27. The van der Waals surface area contributed by atoms with E-state index in [-0.39, 0.29) is 11.4 Å². The number of benzene rings is 3. The van der Waals surface area contributed by atoms with Gasteiger partial charge >= 0.3 is 0 Å². The molecule has 41 heavy (non-hydrogen) atoms. The van der Waals surface area contributed by atoms with Gasteiger partial charge in [-0.25, -0.2) is 13.3 Å². The van der Waals surface area contributed by atoms with Gasteiger partial charge in [0.2, 0.25) is 11.8 Å². The molecule has 2 aromatic heterocycles. The van der Waals surface area contributed by atoms with E-state index in [1.54, 1.807) is 23.0 Å². The average molecular weight is 554 g/mol. The number of amides is 2. The maximum absolute atomic E-state index is 15.2. The molecule has 0 spiro atoms. The Bertz CT molecular complexity index is 1810. The summed E-state index contributed by atoms with van der Waals surface area (Å²) in [6, 6.07) is 18.5. The molecule has 1 fully saturated rings. The van der Waals surface area contributed by atoms with Gasteiger partial charge in [-0.3, -0.25) is 9.59 Å². The molecule has 0 aliphatic heterocycles. The van der Waals surface area contributed by atoms with Crippen molar-refractivity contribution >= 4 is 34.4 Å². The van der Waals surface area contributed by atoms with Gasteiger partial charge in [0.1, 0.15) is 16.7 Å². The van der Waals surface area contributed by atoms with Gasteiger partial charge in [0.25, 0.3) is 0 Å². The SMILES string of the molecule is Cc1c(N)cccc1-c1ccn2nccc(Oc3ccc(NC(=O)C4(C(=O)Nc5ccc(F)cc5)CC4)cc3F)c12. The van der Waals surface area contributed by atoms with Crippen LogP contribution in [0.5, 0.6) is 11.5 Å². The van der Waals surface area contributed by atoms with Crippen LogP contribution < -0.4 is 21.1 Å². The third kappa shape index (κ3) is 4.84. The first-order valence-electron chi connectivity index (χ1n) is 12.9. The van der Waals surface area contributed by atoms with Crippen molar-refractivity contribution < 1.29 is 23.1 Å². The number of hydrogen-bond donors (Lipinski definition) is 3. The average Bonchev–Trinajstić information content (AvgIpc) is 3.67. The van der Waals surface area contributed by atoms with Crippen molar-refractivity contribution in [1.82, 2.24) is 9.61 Å². The monoisotopic (exact) mass is 553 g/mol. The fraction of sp³-hybridized carbons (Fsp3) is 0.129. The lowest BCUT2D eigenvalue weighted by Crippen LogP contribution is -2.35. The predicted molar refractivity (Wildman–Crippen MR) is 152 cm³/mol. The van der Waals surface area contributed by atoms with Crippen LogP contribution in [0.2, 0.25) is 0 Å². The highest BCUT2D eigenvalue weighted by atomic mass is 19.1. The van der Waals surface area contributed by atoms with Crippen LogP contribution in [0.3, 0.4) is 0 Å². The second-order valence-corrected chi connectivity index (χ2v) is 9.98. The number of fused-ring (bicyclic) bond motifs is 1. The van der Waals surface area contributed by atoms with Crippen molar-refractivity contribution in [3.05, 3.63) is 102 Å². The molecule has 0 unspecified atom stereocenters. The molecule has 2 amide bonds. The lowest BCUT2D eigenvalue weighted by molar-refractivity contribution is -0.131. The summed E-state index contributed by atoms with van der Waals surface area (Å²) in [7, 11) is 0. The zero-order chi connectivity index (χ0) is 28.7. The Morgan fingerprint density at radius 2 is 1.61 bits per heavy atom. The van der Waals surface area contributed by atoms with Crippen molar-refractivity contribution in [2.24, 2.45) is 5.41 Å². The van der Waals surface area contributed by atoms with Crippen molar-refractivity contribution in [1.29, 1.82) is 0 Å². The zero-order valence-electron chi connectivity index (χ0n) is 21.9. The molecule has 1 aliphatic rings. The molecule has 0 radical (unpaired) electrons. The lowest BCUT2D eigenvalue weighted by Gasteiger charge is -2.16. The summed E-state index contributed by atoms with van der Waals surface area (Å²) in [6.45, 7) is 1.93. The Morgan fingerprint density at radius 1 is 0.902 bits per heavy atom. The number of hydrogen-bond acceptors (Lipinski definition) is 5. The second kappa shape index (κ2) is 10.1. The van der Waals surface area contributed by atoms with Crippen LogP contribution in [0.15, 0.2) is 85.2 Å². The van der Waals surface area contributed by atoms with Gasteiger partial charge in [-0.15, -0.1) is 0 Å². The summed E-state index contributed by atoms with van der Waals surface area (Å²) in [5, 5.41) is 9.62. The third-order valence-electron chi connectivity index (χ3n) is 7.31. The van der Waals surface area contributed by atoms with Crippen LogP contribution >= 0.6 is 0 Å². The molecule has 6 rings (SSSR count). The van der Waals surface area contributed by atoms with Gasteiger partial charge in [0.05, 0.1) is 6.20 Å². The summed E-state index contributed by atoms with van der Waals surface area (Å²) in [6.07, 6.45) is 4.03. The van der Waals surface area contributed by atoms with Gasteiger partial charge < -0.3 is 21.1 Å². The molecule has 0 saturated heterocycles. The number of ether oxygens (including phenoxy) is 1. The van der Waals surface area contributed by atoms with Crippen LogP contribution in [-0.4, -0.2) is 21.4 Å². The Kier molecular flexibility index (Phi) is 6.37. The topological polar surface area (TPSA) is 111 Å². The first-order chi connectivity index (χ1) is 19.7. The van der Waals surface area contributed by atoms with E-state index >= 15 is 4.39 Å². The molecule has 4 N–H and O–H groups in total. The highest BCUT2D eigenvalue weighted by Gasteiger charge is 2.56. The van der Waals surface area contributed by atoms with Crippen LogP contribution in [0.25, 0.3) is 16.6 Å². The minimum absolute atomic E-state index is 0.0530. The first-order valence-corrected chi connectivity index (χ1v) is 12.9. The number of carbonyl (C=O) groups is 2. The molecule has 206 valence electrons. The summed E-state index contributed by atoms with van der Waals surface area (Å²) < 4.78 is 36.0. The summed E-state index contributed by atoms with van der Waals surface area (Å²) in [4.78, 5) is 25.8. The molecule has 5 aromatic rings. The molecule has 0 atom stereocenters. The lowest BCUT2D eigenvalue weighted by atomic mass is 10.00. The molecule has 1 aliphatic carbocycles. The molecule has 10 heteroatoms. The number of anilines is 3. The maximum Gasteiger partial charge on any atom is 0.240 e. The Labute approximate surface area is 233 Å². The fourth-order valence-electron chi connectivity index (χ4n) is 4.76. The number of nitrogens with one attached hydrogen (secondary N) is 2. The minimum Gasteiger partial charge on any atom is -0.452 e. The quantitative estimate of drug-likeness (QED) is 0.161. The number of nitrogens with two attached hydrogens (primary N) is 1. The van der Waals surface area contributed by atoms with Crippen molar-refractivity contribution in [3.63, 3.8) is 0 Å². The molecular weight excluding hydrogens is 528 g/mol. The van der Waals surface area contributed by atoms with Crippen LogP contribution in [0.4, 0.5) is 25.8 Å². The number of rotatable bonds is 7. The van der Waals surface area contributed by atoms with E-state index in [9.17, 15) is 14.0 Å². The summed E-state index contributed by atoms with van der Waals surface area (Å²) in [5.74, 6) is -1.85. The van der Waals surface area contributed by atoms with E-state index in [1.807, 2.05) is 31.2 Å². The zero-order valence-corrected chi connectivity index (χ0v) is 21.9. The van der Waals surface area contributed by atoms with Crippen molar-refractivity contribution in [2.45, 2.75) is 19.8 Å². The van der Waals surface area contributed by atoms with Crippen molar-refractivity contribution in [3.8, 4) is 22.6 Å². The van der Waals surface area contributed by atoms with E-state index in [1.165, 1.54) is 36.4 Å². The number of nitrogens with zero attached hydrogens (tertiary/aromatic N) is 2. The highest BCUT2D eigenvalue weighted by molar-refractivity contribution is 6.16. The molecule has 8 nitrogen and oxygen atoms in total. The molecule has 1 saturated carbocycles.